The maximum atomic E-state index is 9.35. The van der Waals surface area contributed by atoms with E-state index >= 15 is 0 Å². The SMILES string of the molecule is O=CCC=[Se]. The second-order valence-corrected chi connectivity index (χ2v) is 1.27. The Balaban J connectivity index is 2.65. The molecular formula is C3H4OSe. The molecule has 0 aliphatic rings. The zero-order valence-corrected chi connectivity index (χ0v) is 4.39. The van der Waals surface area contributed by atoms with E-state index in [1.165, 1.54) is 0 Å². The van der Waals surface area contributed by atoms with Crippen molar-refractivity contribution < 1.29 is 4.79 Å². The Morgan fingerprint density at radius 2 is 2.40 bits per heavy atom. The number of carbonyl (C=O) groups excluding carboxylic acids is 1. The molecule has 0 rings (SSSR count). The van der Waals surface area contributed by atoms with Gasteiger partial charge < -0.3 is 0 Å². The fourth-order valence-corrected chi connectivity index (χ4v) is 0.204. The van der Waals surface area contributed by atoms with E-state index in [9.17, 15) is 4.79 Å². The molecule has 0 heterocycles. The molecule has 2 heteroatoms. The zero-order chi connectivity index (χ0) is 4.12. The first-order valence-corrected chi connectivity index (χ1v) is 2.28. The fraction of sp³-hybridized carbons (Fsp3) is 0.333. The van der Waals surface area contributed by atoms with Gasteiger partial charge in [0.15, 0.2) is 0 Å². The molecule has 0 aliphatic heterocycles. The molecule has 0 aromatic carbocycles. The summed E-state index contributed by atoms with van der Waals surface area (Å²) in [7, 11) is 0. The Kier molecular flexibility index (Phi) is 4.11. The number of carbonyl (C=O) groups is 1. The number of hydrogen-bond acceptors (Lipinski definition) is 1. The molecule has 0 bridgehead atoms. The molecule has 0 spiro atoms. The summed E-state index contributed by atoms with van der Waals surface area (Å²) in [5, 5.41) is 0. The molecule has 0 aromatic rings. The van der Waals surface area contributed by atoms with Gasteiger partial charge in [-0.05, 0) is 0 Å². The number of rotatable bonds is 2. The van der Waals surface area contributed by atoms with Crippen molar-refractivity contribution in [2.45, 2.75) is 6.42 Å². The molecule has 0 saturated heterocycles. The van der Waals surface area contributed by atoms with Crippen LogP contribution in [0, 0.1) is 0 Å². The van der Waals surface area contributed by atoms with E-state index in [2.05, 4.69) is 15.6 Å². The van der Waals surface area contributed by atoms with Gasteiger partial charge in [-0.2, -0.15) is 0 Å². The van der Waals surface area contributed by atoms with E-state index < -0.39 is 0 Å². The third-order valence-electron chi connectivity index (χ3n) is 0.192. The van der Waals surface area contributed by atoms with Gasteiger partial charge >= 0.3 is 38.0 Å². The van der Waals surface area contributed by atoms with Crippen molar-refractivity contribution in [2.24, 2.45) is 0 Å². The van der Waals surface area contributed by atoms with Crippen molar-refractivity contribution in [2.75, 3.05) is 0 Å². The molecule has 1 nitrogen and oxygen atoms in total. The van der Waals surface area contributed by atoms with Crippen LogP contribution in [0.3, 0.4) is 0 Å². The van der Waals surface area contributed by atoms with Crippen molar-refractivity contribution in [3.8, 4) is 0 Å². The van der Waals surface area contributed by atoms with E-state index in [-0.39, 0.29) is 0 Å². The van der Waals surface area contributed by atoms with Gasteiger partial charge in [-0.15, -0.1) is 0 Å². The summed E-state index contributed by atoms with van der Waals surface area (Å²) in [5.74, 6) is 0. The molecule has 0 atom stereocenters. The summed E-state index contributed by atoms with van der Waals surface area (Å²) in [6, 6.07) is 0. The van der Waals surface area contributed by atoms with Crippen LogP contribution in [0.15, 0.2) is 0 Å². The van der Waals surface area contributed by atoms with Crippen molar-refractivity contribution in [3.05, 3.63) is 0 Å². The van der Waals surface area contributed by atoms with Crippen molar-refractivity contribution in [1.29, 1.82) is 0 Å². The Morgan fingerprint density at radius 1 is 1.80 bits per heavy atom. The van der Waals surface area contributed by atoms with Gasteiger partial charge in [-0.3, -0.25) is 0 Å². The summed E-state index contributed by atoms with van der Waals surface area (Å²) in [4.78, 5) is 11.0. The molecule has 0 aliphatic carbocycles. The standard InChI is InChI=1S/C3H4OSe/c4-2-1-3-5/h2-3H,1H2. The average Bonchev–Trinajstić information content (AvgIpc) is 1.41. The first kappa shape index (κ1) is 5.06. The molecule has 0 N–H and O–H groups in total. The Morgan fingerprint density at radius 3 is 2.40 bits per heavy atom. The van der Waals surface area contributed by atoms with E-state index in [1.54, 1.807) is 4.92 Å². The molecule has 0 aromatic heterocycles. The van der Waals surface area contributed by atoms with Crippen LogP contribution in [0.2, 0.25) is 0 Å². The predicted molar refractivity (Wildman–Crippen MR) is 22.5 cm³/mol. The summed E-state index contributed by atoms with van der Waals surface area (Å²) >= 11 is 2.59. The zero-order valence-electron chi connectivity index (χ0n) is 2.68. The predicted octanol–water partition coefficient (Wildman–Crippen LogP) is -0.454. The molecule has 0 amide bonds. The van der Waals surface area contributed by atoms with E-state index in [0.717, 1.165) is 6.29 Å². The van der Waals surface area contributed by atoms with Gasteiger partial charge in [-0.25, -0.2) is 0 Å². The van der Waals surface area contributed by atoms with Crippen LogP contribution < -0.4 is 0 Å². The average molecular weight is 135 g/mol. The van der Waals surface area contributed by atoms with E-state index in [4.69, 9.17) is 0 Å². The van der Waals surface area contributed by atoms with E-state index in [0.29, 0.717) is 6.42 Å². The van der Waals surface area contributed by atoms with E-state index in [1.807, 2.05) is 0 Å². The van der Waals surface area contributed by atoms with Crippen LogP contribution in [0.4, 0.5) is 0 Å². The van der Waals surface area contributed by atoms with Crippen LogP contribution >= 0.6 is 0 Å². The van der Waals surface area contributed by atoms with Crippen LogP contribution in [-0.2, 0) is 4.79 Å². The van der Waals surface area contributed by atoms with Crippen LogP contribution in [0.5, 0.6) is 0 Å². The summed E-state index contributed by atoms with van der Waals surface area (Å²) < 4.78 is 0. The van der Waals surface area contributed by atoms with Gasteiger partial charge in [0.25, 0.3) is 0 Å². The molecule has 0 unspecified atom stereocenters. The molecule has 0 radical (unpaired) electrons. The second kappa shape index (κ2) is 4.06. The minimum atomic E-state index is 0.528. The molecule has 28 valence electrons. The summed E-state index contributed by atoms with van der Waals surface area (Å²) in [5.41, 5.74) is 0. The topological polar surface area (TPSA) is 17.1 Å². The van der Waals surface area contributed by atoms with Crippen LogP contribution in [0.25, 0.3) is 0 Å². The first-order valence-electron chi connectivity index (χ1n) is 1.29. The van der Waals surface area contributed by atoms with Crippen LogP contribution in [-0.4, -0.2) is 26.8 Å². The summed E-state index contributed by atoms with van der Waals surface area (Å²) in [6.07, 6.45) is 1.37. The quantitative estimate of drug-likeness (QED) is 0.370. The Bertz CT molecular complexity index is 36.2. The second-order valence-electron chi connectivity index (χ2n) is 0.569. The number of hydrogen-bond donors (Lipinski definition) is 0. The summed E-state index contributed by atoms with van der Waals surface area (Å²) in [6.45, 7) is 0. The normalized spacial score (nSPS) is 6.40. The van der Waals surface area contributed by atoms with Gasteiger partial charge in [-0.1, -0.05) is 0 Å². The molecule has 0 saturated carbocycles. The fourth-order valence-electron chi connectivity index (χ4n) is 0.0393. The minimum absolute atomic E-state index is 0.528. The third kappa shape index (κ3) is 4.06. The molecule has 5 heavy (non-hydrogen) atoms. The third-order valence-corrected chi connectivity index (χ3v) is 0.596. The van der Waals surface area contributed by atoms with Gasteiger partial charge in [0.1, 0.15) is 0 Å². The van der Waals surface area contributed by atoms with Gasteiger partial charge in [0.05, 0.1) is 0 Å². The first-order chi connectivity index (χ1) is 2.41. The van der Waals surface area contributed by atoms with Gasteiger partial charge in [0, 0.05) is 0 Å². The maximum absolute atomic E-state index is 9.35. The Labute approximate surface area is 38.7 Å². The van der Waals surface area contributed by atoms with Gasteiger partial charge in [0.2, 0.25) is 0 Å². The monoisotopic (exact) mass is 136 g/mol. The number of aldehydes is 1. The molecular weight excluding hydrogens is 131 g/mol. The van der Waals surface area contributed by atoms with Crippen LogP contribution in [0.1, 0.15) is 6.42 Å². The van der Waals surface area contributed by atoms with Crippen molar-refractivity contribution in [1.82, 2.24) is 0 Å². The van der Waals surface area contributed by atoms with Crippen molar-refractivity contribution >= 4 is 26.8 Å². The van der Waals surface area contributed by atoms with Crippen molar-refractivity contribution in [3.63, 3.8) is 0 Å². The molecule has 0 fully saturated rings. The Hall–Kier alpha value is 0.0595.